The molecule has 0 radical (unpaired) electrons. The van der Waals surface area contributed by atoms with E-state index in [1.807, 2.05) is 17.7 Å². The fraction of sp³-hybridized carbons (Fsp3) is 0.545. The number of nitrogens with zero attached hydrogens (tertiary/aromatic N) is 4. The van der Waals surface area contributed by atoms with Crippen LogP contribution in [-0.4, -0.2) is 64.2 Å². The number of aryl methyl sites for hydroxylation is 2. The van der Waals surface area contributed by atoms with E-state index in [0.717, 1.165) is 54.6 Å². The van der Waals surface area contributed by atoms with Gasteiger partial charge in [-0.3, -0.25) is 4.79 Å². The van der Waals surface area contributed by atoms with E-state index in [1.165, 1.54) is 4.90 Å². The molecule has 2 aliphatic rings. The number of pyridine rings is 1. The van der Waals surface area contributed by atoms with E-state index in [9.17, 15) is 4.79 Å². The van der Waals surface area contributed by atoms with Gasteiger partial charge < -0.3 is 19.4 Å². The monoisotopic (exact) mass is 425 g/mol. The zero-order valence-electron chi connectivity index (χ0n) is 18.1. The first-order valence-electron chi connectivity index (χ1n) is 11.0. The maximum atomic E-state index is 13.3. The van der Waals surface area contributed by atoms with Crippen LogP contribution < -0.4 is 10.5 Å². The number of fused-ring (bicyclic) bond motifs is 1. The third-order valence-electron chi connectivity index (χ3n) is 6.65. The summed E-state index contributed by atoms with van der Waals surface area (Å²) >= 11 is 0. The van der Waals surface area contributed by atoms with Crippen molar-refractivity contribution in [3.05, 3.63) is 51.1 Å². The molecule has 2 saturated heterocycles. The summed E-state index contributed by atoms with van der Waals surface area (Å²) in [5.74, 6) is 0.709. The molecule has 2 atom stereocenters. The van der Waals surface area contributed by atoms with Crippen LogP contribution >= 0.6 is 0 Å². The second kappa shape index (κ2) is 8.49. The van der Waals surface area contributed by atoms with E-state index in [4.69, 9.17) is 9.47 Å². The Balaban J connectivity index is 1.61. The van der Waals surface area contributed by atoms with Gasteiger partial charge in [0.2, 0.25) is 5.82 Å². The third kappa shape index (κ3) is 3.88. The van der Waals surface area contributed by atoms with Crippen LogP contribution in [0.2, 0.25) is 0 Å². The van der Waals surface area contributed by atoms with E-state index in [0.29, 0.717) is 31.1 Å². The zero-order chi connectivity index (χ0) is 21.4. The van der Waals surface area contributed by atoms with Gasteiger partial charge in [0.05, 0.1) is 36.9 Å². The minimum absolute atomic E-state index is 0.0862. The summed E-state index contributed by atoms with van der Waals surface area (Å²) in [4.78, 5) is 17.7. The Morgan fingerprint density at radius 2 is 2.10 bits per heavy atom. The minimum atomic E-state index is -0.268. The molecule has 3 aromatic rings. The van der Waals surface area contributed by atoms with Crippen LogP contribution in [-0.2, 0) is 16.0 Å². The van der Waals surface area contributed by atoms with Crippen molar-refractivity contribution in [2.75, 3.05) is 32.9 Å². The summed E-state index contributed by atoms with van der Waals surface area (Å²) in [5, 5.41) is 13.6. The molecule has 0 amide bonds. The first-order valence-corrected chi connectivity index (χ1v) is 11.0. The molecule has 9 heteroatoms. The number of H-pyrrole nitrogens is 1. The molecule has 0 aliphatic carbocycles. The molecule has 1 aromatic carbocycles. The van der Waals surface area contributed by atoms with E-state index < -0.39 is 0 Å². The largest absolute Gasteiger partial charge is 0.376 e. The maximum Gasteiger partial charge on any atom is 0.258 e. The number of ether oxygens (including phenoxy) is 2. The third-order valence-corrected chi connectivity index (χ3v) is 6.65. The topological polar surface area (TPSA) is 99.4 Å². The van der Waals surface area contributed by atoms with E-state index in [1.54, 1.807) is 0 Å². The number of benzene rings is 1. The van der Waals surface area contributed by atoms with Gasteiger partial charge in [0, 0.05) is 6.61 Å². The summed E-state index contributed by atoms with van der Waals surface area (Å²) in [5.41, 5.74) is 3.75. The summed E-state index contributed by atoms with van der Waals surface area (Å²) in [7, 11) is 0. The number of nitrogens with one attached hydrogen (secondary N) is 2. The predicted octanol–water partition coefficient (Wildman–Crippen LogP) is 0.315. The second-order valence-corrected chi connectivity index (χ2v) is 8.58. The quantitative estimate of drug-likeness (QED) is 0.611. The first-order chi connectivity index (χ1) is 15.1. The van der Waals surface area contributed by atoms with Crippen LogP contribution in [0.5, 0.6) is 0 Å². The predicted molar refractivity (Wildman–Crippen MR) is 114 cm³/mol. The van der Waals surface area contributed by atoms with Gasteiger partial charge in [-0.1, -0.05) is 12.1 Å². The molecule has 2 fully saturated rings. The van der Waals surface area contributed by atoms with Crippen molar-refractivity contribution in [2.45, 2.75) is 45.4 Å². The number of rotatable bonds is 5. The Kier molecular flexibility index (Phi) is 5.56. The molecule has 0 bridgehead atoms. The highest BCUT2D eigenvalue weighted by Gasteiger charge is 2.35. The lowest BCUT2D eigenvalue weighted by molar-refractivity contribution is -0.933. The normalized spacial score (nSPS) is 21.0. The number of aromatic amines is 1. The van der Waals surface area contributed by atoms with E-state index in [2.05, 4.69) is 39.6 Å². The highest BCUT2D eigenvalue weighted by molar-refractivity contribution is 5.83. The fourth-order valence-corrected chi connectivity index (χ4v) is 4.75. The number of aromatic nitrogens is 5. The molecule has 0 spiro atoms. The van der Waals surface area contributed by atoms with Crippen molar-refractivity contribution in [2.24, 2.45) is 0 Å². The highest BCUT2D eigenvalue weighted by Crippen LogP contribution is 2.23. The second-order valence-electron chi connectivity index (χ2n) is 8.58. The Morgan fingerprint density at radius 1 is 1.26 bits per heavy atom. The van der Waals surface area contributed by atoms with Crippen LogP contribution in [0, 0.1) is 13.8 Å². The Bertz CT molecular complexity index is 1130. The van der Waals surface area contributed by atoms with Gasteiger partial charge in [0.25, 0.3) is 5.56 Å². The fourth-order valence-electron chi connectivity index (χ4n) is 4.75. The van der Waals surface area contributed by atoms with Gasteiger partial charge >= 0.3 is 0 Å². The summed E-state index contributed by atoms with van der Waals surface area (Å²) in [6.45, 7) is 8.38. The Labute approximate surface area is 180 Å². The van der Waals surface area contributed by atoms with Gasteiger partial charge in [-0.2, -0.15) is 0 Å². The maximum absolute atomic E-state index is 13.3. The number of tetrazole rings is 1. The summed E-state index contributed by atoms with van der Waals surface area (Å²) < 4.78 is 13.2. The SMILES string of the molecule is Cc1ccc2cc([C@H](c3nnnn3C[C@@H]3CCCO3)[NH+]3CCOCC3)c(=O)[nH]c2c1C. The van der Waals surface area contributed by atoms with Crippen LogP contribution in [0.15, 0.2) is 23.0 Å². The van der Waals surface area contributed by atoms with Crippen LogP contribution in [0.25, 0.3) is 10.9 Å². The van der Waals surface area contributed by atoms with Gasteiger partial charge in [-0.15, -0.1) is 5.10 Å². The number of morpholine rings is 1. The van der Waals surface area contributed by atoms with Crippen LogP contribution in [0.4, 0.5) is 0 Å². The lowest BCUT2D eigenvalue weighted by Gasteiger charge is -2.30. The van der Waals surface area contributed by atoms with Gasteiger partial charge in [0.15, 0.2) is 6.04 Å². The van der Waals surface area contributed by atoms with Crippen molar-refractivity contribution in [3.8, 4) is 0 Å². The van der Waals surface area contributed by atoms with Crippen molar-refractivity contribution in [1.29, 1.82) is 0 Å². The molecule has 9 nitrogen and oxygen atoms in total. The van der Waals surface area contributed by atoms with E-state index in [-0.39, 0.29) is 17.7 Å². The first kappa shape index (κ1) is 20.3. The zero-order valence-corrected chi connectivity index (χ0v) is 18.1. The molecular weight excluding hydrogens is 396 g/mol. The van der Waals surface area contributed by atoms with Crippen molar-refractivity contribution < 1.29 is 14.4 Å². The average Bonchev–Trinajstić information content (AvgIpc) is 3.46. The van der Waals surface area contributed by atoms with Gasteiger partial charge in [0.1, 0.15) is 13.1 Å². The van der Waals surface area contributed by atoms with Gasteiger partial charge in [-0.25, -0.2) is 4.68 Å². The molecule has 5 rings (SSSR count). The highest BCUT2D eigenvalue weighted by atomic mass is 16.5. The summed E-state index contributed by atoms with van der Waals surface area (Å²) in [6.07, 6.45) is 2.18. The molecule has 4 heterocycles. The number of quaternary nitrogens is 1. The van der Waals surface area contributed by atoms with Crippen molar-refractivity contribution in [1.82, 2.24) is 25.2 Å². The number of hydrogen-bond acceptors (Lipinski definition) is 6. The summed E-state index contributed by atoms with van der Waals surface area (Å²) in [6, 6.07) is 5.91. The Hall–Kier alpha value is -2.62. The van der Waals surface area contributed by atoms with Crippen molar-refractivity contribution in [3.63, 3.8) is 0 Å². The molecule has 164 valence electrons. The molecular formula is C22H29N6O3+. The lowest BCUT2D eigenvalue weighted by atomic mass is 10.00. The molecule has 31 heavy (non-hydrogen) atoms. The molecule has 0 unspecified atom stereocenters. The Morgan fingerprint density at radius 3 is 2.87 bits per heavy atom. The molecule has 0 saturated carbocycles. The lowest BCUT2D eigenvalue weighted by Crippen LogP contribution is -3.14. The van der Waals surface area contributed by atoms with Gasteiger partial charge in [-0.05, 0) is 59.7 Å². The average molecular weight is 426 g/mol. The number of hydrogen-bond donors (Lipinski definition) is 2. The standard InChI is InChI=1S/C22H28N6O3/c1-14-5-6-16-12-18(22(29)23-19(16)15(14)2)20(27-7-10-30-11-8-27)21-24-25-26-28(21)13-17-4-3-9-31-17/h5-6,12,17,20H,3-4,7-11,13H2,1-2H3,(H,23,29)/p+1/t17-,20+/m0/s1. The van der Waals surface area contributed by atoms with E-state index >= 15 is 0 Å². The van der Waals surface area contributed by atoms with Crippen LogP contribution in [0.3, 0.4) is 0 Å². The molecule has 2 N–H and O–H groups in total. The van der Waals surface area contributed by atoms with Crippen molar-refractivity contribution >= 4 is 10.9 Å². The molecule has 2 aromatic heterocycles. The smallest absolute Gasteiger partial charge is 0.258 e. The minimum Gasteiger partial charge on any atom is -0.376 e. The van der Waals surface area contributed by atoms with Crippen LogP contribution in [0.1, 0.15) is 41.4 Å². The molecule has 2 aliphatic heterocycles.